The first-order chi connectivity index (χ1) is 11.8. The van der Waals surface area contributed by atoms with Crippen LogP contribution in [0, 0.1) is 0 Å². The first-order valence-corrected chi connectivity index (χ1v) is 8.60. The van der Waals surface area contributed by atoms with Gasteiger partial charge in [0.15, 0.2) is 0 Å². The van der Waals surface area contributed by atoms with Crippen molar-refractivity contribution in [2.75, 3.05) is 36.5 Å². The topological polar surface area (TPSA) is 70.2 Å². The van der Waals surface area contributed by atoms with Crippen molar-refractivity contribution in [3.05, 3.63) is 46.0 Å². The van der Waals surface area contributed by atoms with E-state index in [4.69, 9.17) is 4.74 Å². The molecular weight excluding hydrogens is 304 g/mol. The van der Waals surface area contributed by atoms with Crippen LogP contribution < -0.4 is 15.8 Å². The summed E-state index contributed by atoms with van der Waals surface area (Å²) < 4.78 is 5.38. The normalized spacial score (nSPS) is 17.4. The van der Waals surface area contributed by atoms with Gasteiger partial charge in [-0.2, -0.15) is 0 Å². The van der Waals surface area contributed by atoms with Crippen LogP contribution in [0.3, 0.4) is 0 Å². The zero-order valence-corrected chi connectivity index (χ0v) is 13.7. The first-order valence-electron chi connectivity index (χ1n) is 8.60. The van der Waals surface area contributed by atoms with E-state index in [1.54, 1.807) is 6.20 Å². The van der Waals surface area contributed by atoms with Gasteiger partial charge in [-0.25, -0.2) is 4.98 Å². The van der Waals surface area contributed by atoms with Gasteiger partial charge in [0.25, 0.3) is 5.56 Å². The predicted octanol–water partition coefficient (Wildman–Crippen LogP) is 2.23. The second-order valence-corrected chi connectivity index (χ2v) is 6.33. The van der Waals surface area contributed by atoms with Gasteiger partial charge >= 0.3 is 0 Å². The smallest absolute Gasteiger partial charge is 0.251 e. The molecule has 0 bridgehead atoms. The molecule has 6 nitrogen and oxygen atoms in total. The maximum absolute atomic E-state index is 12.0. The maximum atomic E-state index is 12.0. The number of morpholine rings is 1. The van der Waals surface area contributed by atoms with Crippen LogP contribution in [0.15, 0.2) is 29.3 Å². The lowest BCUT2D eigenvalue weighted by atomic mass is 9.92. The molecule has 3 heterocycles. The standard InChI is InChI=1S/C18H22N4O2/c23-18-15-4-2-1-3-14(15)16(12-20-18)21-13-5-6-17(19-11-13)22-7-9-24-10-8-22/h5-6,11-12,21H,1-4,7-10H2,(H,20,23). The van der Waals surface area contributed by atoms with Crippen molar-refractivity contribution >= 4 is 17.2 Å². The molecular formula is C18H22N4O2. The van der Waals surface area contributed by atoms with Crippen molar-refractivity contribution in [2.24, 2.45) is 0 Å². The number of aromatic amines is 1. The highest BCUT2D eigenvalue weighted by Crippen LogP contribution is 2.27. The number of ether oxygens (including phenoxy) is 1. The lowest BCUT2D eigenvalue weighted by Gasteiger charge is -2.27. The third-order valence-corrected chi connectivity index (χ3v) is 4.78. The molecule has 24 heavy (non-hydrogen) atoms. The number of fused-ring (bicyclic) bond motifs is 1. The summed E-state index contributed by atoms with van der Waals surface area (Å²) in [6, 6.07) is 4.07. The van der Waals surface area contributed by atoms with E-state index in [1.165, 1.54) is 0 Å². The summed E-state index contributed by atoms with van der Waals surface area (Å²) in [5.41, 5.74) is 4.07. The first kappa shape index (κ1) is 15.2. The summed E-state index contributed by atoms with van der Waals surface area (Å²) in [4.78, 5) is 21.6. The molecule has 1 saturated heterocycles. The van der Waals surface area contributed by atoms with Crippen molar-refractivity contribution in [3.63, 3.8) is 0 Å². The summed E-state index contributed by atoms with van der Waals surface area (Å²) >= 11 is 0. The van der Waals surface area contributed by atoms with E-state index in [1.807, 2.05) is 18.3 Å². The fourth-order valence-corrected chi connectivity index (χ4v) is 3.47. The average Bonchev–Trinajstić information content (AvgIpc) is 2.66. The number of nitrogens with zero attached hydrogens (tertiary/aromatic N) is 2. The van der Waals surface area contributed by atoms with Crippen LogP contribution in [0.25, 0.3) is 0 Å². The number of anilines is 3. The third-order valence-electron chi connectivity index (χ3n) is 4.78. The van der Waals surface area contributed by atoms with Crippen molar-refractivity contribution in [2.45, 2.75) is 25.7 Å². The van der Waals surface area contributed by atoms with Gasteiger partial charge in [0.1, 0.15) is 5.82 Å². The molecule has 1 aliphatic heterocycles. The second kappa shape index (κ2) is 6.65. The molecule has 0 aromatic carbocycles. The second-order valence-electron chi connectivity index (χ2n) is 6.33. The van der Waals surface area contributed by atoms with Crippen LogP contribution >= 0.6 is 0 Å². The Morgan fingerprint density at radius 3 is 2.67 bits per heavy atom. The summed E-state index contributed by atoms with van der Waals surface area (Å²) in [6.07, 6.45) is 7.69. The zero-order chi connectivity index (χ0) is 16.4. The molecule has 1 fully saturated rings. The number of rotatable bonds is 3. The Kier molecular flexibility index (Phi) is 4.21. The fraction of sp³-hybridized carbons (Fsp3) is 0.444. The van der Waals surface area contributed by atoms with Crippen LogP contribution in [-0.4, -0.2) is 36.3 Å². The van der Waals surface area contributed by atoms with Crippen LogP contribution in [0.5, 0.6) is 0 Å². The SMILES string of the molecule is O=c1[nH]cc(Nc2ccc(N3CCOCC3)nc2)c2c1CCCC2. The molecule has 2 N–H and O–H groups in total. The van der Waals surface area contributed by atoms with Crippen LogP contribution in [0.4, 0.5) is 17.2 Å². The molecule has 0 unspecified atom stereocenters. The number of hydrogen-bond acceptors (Lipinski definition) is 5. The molecule has 0 spiro atoms. The zero-order valence-electron chi connectivity index (χ0n) is 13.7. The Balaban J connectivity index is 1.54. The highest BCUT2D eigenvalue weighted by atomic mass is 16.5. The molecule has 0 amide bonds. The van der Waals surface area contributed by atoms with Crippen LogP contribution in [0.2, 0.25) is 0 Å². The highest BCUT2D eigenvalue weighted by Gasteiger charge is 2.17. The monoisotopic (exact) mass is 326 g/mol. The maximum Gasteiger partial charge on any atom is 0.251 e. The molecule has 0 atom stereocenters. The Morgan fingerprint density at radius 1 is 1.12 bits per heavy atom. The highest BCUT2D eigenvalue weighted by molar-refractivity contribution is 5.64. The van der Waals surface area contributed by atoms with E-state index in [0.29, 0.717) is 0 Å². The molecule has 2 aliphatic rings. The summed E-state index contributed by atoms with van der Waals surface area (Å²) in [5.74, 6) is 0.979. The number of hydrogen-bond donors (Lipinski definition) is 2. The minimum Gasteiger partial charge on any atom is -0.378 e. The van der Waals surface area contributed by atoms with E-state index in [2.05, 4.69) is 20.2 Å². The lowest BCUT2D eigenvalue weighted by Crippen LogP contribution is -2.36. The number of nitrogens with one attached hydrogen (secondary N) is 2. The minimum absolute atomic E-state index is 0.0519. The van der Waals surface area contributed by atoms with Gasteiger partial charge in [0.05, 0.1) is 30.8 Å². The molecule has 4 rings (SSSR count). The number of aromatic nitrogens is 2. The van der Waals surface area contributed by atoms with E-state index in [9.17, 15) is 4.79 Å². The quantitative estimate of drug-likeness (QED) is 0.905. The van der Waals surface area contributed by atoms with Gasteiger partial charge in [0.2, 0.25) is 0 Å². The Labute approximate surface area is 140 Å². The molecule has 2 aromatic heterocycles. The van der Waals surface area contributed by atoms with Crippen molar-refractivity contribution < 1.29 is 4.74 Å². The van der Waals surface area contributed by atoms with Gasteiger partial charge in [0, 0.05) is 24.8 Å². The third kappa shape index (κ3) is 3.01. The van der Waals surface area contributed by atoms with Gasteiger partial charge < -0.3 is 19.9 Å². The van der Waals surface area contributed by atoms with Crippen molar-refractivity contribution in [1.29, 1.82) is 0 Å². The summed E-state index contributed by atoms with van der Waals surface area (Å²) in [6.45, 7) is 3.27. The van der Waals surface area contributed by atoms with Crippen LogP contribution in [-0.2, 0) is 17.6 Å². The Bertz CT molecular complexity index is 764. The number of H-pyrrole nitrogens is 1. The Morgan fingerprint density at radius 2 is 1.92 bits per heavy atom. The summed E-state index contributed by atoms with van der Waals surface area (Å²) in [7, 11) is 0. The minimum atomic E-state index is 0.0519. The van der Waals surface area contributed by atoms with Crippen LogP contribution in [0.1, 0.15) is 24.0 Å². The predicted molar refractivity (Wildman–Crippen MR) is 94.3 cm³/mol. The van der Waals surface area contributed by atoms with Crippen molar-refractivity contribution in [1.82, 2.24) is 9.97 Å². The molecule has 0 radical (unpaired) electrons. The van der Waals surface area contributed by atoms with E-state index >= 15 is 0 Å². The average molecular weight is 326 g/mol. The van der Waals surface area contributed by atoms with E-state index < -0.39 is 0 Å². The lowest BCUT2D eigenvalue weighted by molar-refractivity contribution is 0.122. The van der Waals surface area contributed by atoms with Gasteiger partial charge in [-0.1, -0.05) is 0 Å². The van der Waals surface area contributed by atoms with Gasteiger partial charge in [-0.15, -0.1) is 0 Å². The molecule has 6 heteroatoms. The van der Waals surface area contributed by atoms with E-state index in [0.717, 1.165) is 80.3 Å². The largest absolute Gasteiger partial charge is 0.378 e. The molecule has 1 aliphatic carbocycles. The number of pyridine rings is 2. The molecule has 0 saturated carbocycles. The fourth-order valence-electron chi connectivity index (χ4n) is 3.47. The van der Waals surface area contributed by atoms with Crippen molar-refractivity contribution in [3.8, 4) is 0 Å². The van der Waals surface area contributed by atoms with E-state index in [-0.39, 0.29) is 5.56 Å². The van der Waals surface area contributed by atoms with Gasteiger partial charge in [-0.05, 0) is 43.4 Å². The Hall–Kier alpha value is -2.34. The molecule has 2 aromatic rings. The van der Waals surface area contributed by atoms with Gasteiger partial charge in [-0.3, -0.25) is 4.79 Å². The molecule has 126 valence electrons. The summed E-state index contributed by atoms with van der Waals surface area (Å²) in [5, 5.41) is 3.41.